The first kappa shape index (κ1) is 17.5. The van der Waals surface area contributed by atoms with Crippen LogP contribution in [0.4, 0.5) is 5.69 Å². The van der Waals surface area contributed by atoms with Crippen LogP contribution in [0.25, 0.3) is 0 Å². The van der Waals surface area contributed by atoms with Crippen molar-refractivity contribution in [3.63, 3.8) is 0 Å². The smallest absolute Gasteiger partial charge is 0.309 e. The molecule has 0 aromatic heterocycles. The van der Waals surface area contributed by atoms with Crippen LogP contribution in [0.3, 0.4) is 0 Å². The summed E-state index contributed by atoms with van der Waals surface area (Å²) in [7, 11) is 0. The molecule has 0 aliphatic carbocycles. The lowest BCUT2D eigenvalue weighted by Gasteiger charge is -2.31. The van der Waals surface area contributed by atoms with E-state index in [1.165, 1.54) is 4.90 Å². The number of amides is 1. The van der Waals surface area contributed by atoms with Crippen molar-refractivity contribution >= 4 is 17.6 Å². The number of hydrogen-bond acceptors (Lipinski definition) is 5. The van der Waals surface area contributed by atoms with Crippen LogP contribution in [0.1, 0.15) is 26.7 Å². The zero-order chi connectivity index (χ0) is 17.8. The number of ether oxygens (including phenoxy) is 3. The summed E-state index contributed by atoms with van der Waals surface area (Å²) in [6, 6.07) is 5.18. The van der Waals surface area contributed by atoms with Gasteiger partial charge in [0.1, 0.15) is 0 Å². The lowest BCUT2D eigenvalue weighted by Crippen LogP contribution is -3.17. The molecule has 2 heterocycles. The topological polar surface area (TPSA) is 78.3 Å². The zero-order valence-electron chi connectivity index (χ0n) is 14.7. The molecule has 0 unspecified atom stereocenters. The predicted molar refractivity (Wildman–Crippen MR) is 90.7 cm³/mol. The van der Waals surface area contributed by atoms with Crippen molar-refractivity contribution in [2.75, 3.05) is 31.8 Å². The van der Waals surface area contributed by atoms with E-state index >= 15 is 0 Å². The minimum Gasteiger partial charge on any atom is -0.466 e. The van der Waals surface area contributed by atoms with E-state index in [1.54, 1.807) is 18.2 Å². The number of fused-ring (bicyclic) bond motifs is 1. The van der Waals surface area contributed by atoms with Crippen molar-refractivity contribution in [2.24, 2.45) is 5.92 Å². The molecule has 0 spiro atoms. The first-order valence-electron chi connectivity index (χ1n) is 8.80. The summed E-state index contributed by atoms with van der Waals surface area (Å²) in [6.45, 7) is 5.95. The van der Waals surface area contributed by atoms with Gasteiger partial charge in [-0.1, -0.05) is 0 Å². The lowest BCUT2D eigenvalue weighted by molar-refractivity contribution is -0.919. The Kier molecular flexibility index (Phi) is 5.43. The Morgan fingerprint density at radius 2 is 2.00 bits per heavy atom. The van der Waals surface area contributed by atoms with Gasteiger partial charge in [-0.05, 0) is 26.0 Å². The maximum absolute atomic E-state index is 12.5. The Hall–Kier alpha value is -2.28. The van der Waals surface area contributed by atoms with Gasteiger partial charge in [0.15, 0.2) is 17.5 Å². The van der Waals surface area contributed by atoms with E-state index in [2.05, 4.69) is 5.32 Å². The van der Waals surface area contributed by atoms with Crippen LogP contribution in [0, 0.1) is 5.92 Å². The number of piperidine rings is 1. The molecule has 1 aromatic rings. The van der Waals surface area contributed by atoms with E-state index in [-0.39, 0.29) is 30.6 Å². The maximum atomic E-state index is 12.5. The molecule has 0 radical (unpaired) electrons. The number of likely N-dealkylation sites (tertiary alicyclic amines) is 1. The van der Waals surface area contributed by atoms with E-state index in [1.807, 2.05) is 13.8 Å². The van der Waals surface area contributed by atoms with Crippen LogP contribution in [-0.4, -0.2) is 44.4 Å². The lowest BCUT2D eigenvalue weighted by atomic mass is 9.96. The van der Waals surface area contributed by atoms with Crippen molar-refractivity contribution in [1.82, 2.24) is 0 Å². The van der Waals surface area contributed by atoms with Gasteiger partial charge in [-0.3, -0.25) is 9.59 Å². The molecule has 0 saturated carbocycles. The fourth-order valence-electron chi connectivity index (χ4n) is 3.33. The Balaban J connectivity index is 1.52. The highest BCUT2D eigenvalue weighted by molar-refractivity contribution is 5.94. The van der Waals surface area contributed by atoms with Gasteiger partial charge in [0.05, 0.1) is 25.6 Å². The maximum Gasteiger partial charge on any atom is 0.309 e. The molecule has 2 N–H and O–H groups in total. The third-order valence-corrected chi connectivity index (χ3v) is 4.89. The Labute approximate surface area is 147 Å². The Morgan fingerprint density at radius 1 is 1.28 bits per heavy atom. The molecule has 3 rings (SSSR count). The first-order chi connectivity index (χ1) is 12.1. The molecule has 2 aliphatic heterocycles. The number of anilines is 1. The van der Waals surface area contributed by atoms with Gasteiger partial charge < -0.3 is 24.4 Å². The molecule has 0 bridgehead atoms. The van der Waals surface area contributed by atoms with Crippen LogP contribution >= 0.6 is 0 Å². The molecule has 1 fully saturated rings. The minimum atomic E-state index is -0.187. The van der Waals surface area contributed by atoms with Gasteiger partial charge in [-0.25, -0.2) is 0 Å². The zero-order valence-corrected chi connectivity index (χ0v) is 14.7. The van der Waals surface area contributed by atoms with Crippen LogP contribution in [0.5, 0.6) is 11.5 Å². The summed E-state index contributed by atoms with van der Waals surface area (Å²) in [5.74, 6) is 1.15. The molecule has 1 amide bonds. The average Bonchev–Trinajstić information content (AvgIpc) is 3.09. The van der Waals surface area contributed by atoms with Gasteiger partial charge in [0, 0.05) is 24.6 Å². The highest BCUT2D eigenvalue weighted by Gasteiger charge is 2.33. The number of quaternary nitrogens is 1. The monoisotopic (exact) mass is 349 g/mol. The summed E-state index contributed by atoms with van der Waals surface area (Å²) < 4.78 is 15.7. The second-order valence-electron chi connectivity index (χ2n) is 6.46. The number of hydrogen-bond donors (Lipinski definition) is 2. The summed E-state index contributed by atoms with van der Waals surface area (Å²) in [4.78, 5) is 25.5. The van der Waals surface area contributed by atoms with Crippen molar-refractivity contribution in [2.45, 2.75) is 32.7 Å². The second kappa shape index (κ2) is 7.74. The number of carbonyl (C=O) groups excluding carboxylic acids is 2. The number of nitrogens with one attached hydrogen (secondary N) is 2. The number of carbonyl (C=O) groups is 2. The molecule has 1 saturated heterocycles. The SMILES string of the molecule is CCOC(=O)C1CC[NH+]([C@@H](C)C(=O)Nc2ccc3c(c2)OCO3)CC1. The van der Waals surface area contributed by atoms with Crippen molar-refractivity contribution in [3.8, 4) is 11.5 Å². The Bertz CT molecular complexity index is 640. The molecule has 25 heavy (non-hydrogen) atoms. The molecular formula is C18H25N2O5+. The Morgan fingerprint density at radius 3 is 2.72 bits per heavy atom. The first-order valence-corrected chi connectivity index (χ1v) is 8.80. The van der Waals surface area contributed by atoms with Crippen molar-refractivity contribution < 1.29 is 28.7 Å². The highest BCUT2D eigenvalue weighted by atomic mass is 16.7. The molecule has 7 heteroatoms. The average molecular weight is 349 g/mol. The molecule has 1 atom stereocenters. The fraction of sp³-hybridized carbons (Fsp3) is 0.556. The van der Waals surface area contributed by atoms with Gasteiger partial charge >= 0.3 is 5.97 Å². The normalized spacial score (nSPS) is 23.0. The summed E-state index contributed by atoms with van der Waals surface area (Å²) in [5.41, 5.74) is 0.696. The van der Waals surface area contributed by atoms with Gasteiger partial charge in [0.25, 0.3) is 5.91 Å². The van der Waals surface area contributed by atoms with Crippen LogP contribution in [-0.2, 0) is 14.3 Å². The predicted octanol–water partition coefficient (Wildman–Crippen LogP) is 0.600. The van der Waals surface area contributed by atoms with E-state index in [9.17, 15) is 9.59 Å². The van der Waals surface area contributed by atoms with Crippen molar-refractivity contribution in [3.05, 3.63) is 18.2 Å². The molecule has 2 aliphatic rings. The largest absolute Gasteiger partial charge is 0.466 e. The van der Waals surface area contributed by atoms with Gasteiger partial charge in [0.2, 0.25) is 6.79 Å². The summed E-state index contributed by atoms with van der Waals surface area (Å²) in [5, 5.41) is 2.94. The van der Waals surface area contributed by atoms with Crippen LogP contribution in [0.15, 0.2) is 18.2 Å². The summed E-state index contributed by atoms with van der Waals surface area (Å²) in [6.07, 6.45) is 1.52. The minimum absolute atomic E-state index is 0.0344. The van der Waals surface area contributed by atoms with E-state index in [4.69, 9.17) is 14.2 Å². The highest BCUT2D eigenvalue weighted by Crippen LogP contribution is 2.34. The molecular weight excluding hydrogens is 324 g/mol. The van der Waals surface area contributed by atoms with E-state index in [0.29, 0.717) is 23.8 Å². The van der Waals surface area contributed by atoms with Crippen molar-refractivity contribution in [1.29, 1.82) is 0 Å². The molecule has 7 nitrogen and oxygen atoms in total. The quantitative estimate of drug-likeness (QED) is 0.761. The van der Waals surface area contributed by atoms with Gasteiger partial charge in [-0.15, -0.1) is 0 Å². The fourth-order valence-corrected chi connectivity index (χ4v) is 3.33. The van der Waals surface area contributed by atoms with E-state index in [0.717, 1.165) is 25.9 Å². The molecule has 1 aromatic carbocycles. The van der Waals surface area contributed by atoms with Gasteiger partial charge in [-0.2, -0.15) is 0 Å². The third-order valence-electron chi connectivity index (χ3n) is 4.89. The number of esters is 1. The molecule has 136 valence electrons. The number of benzene rings is 1. The summed E-state index contributed by atoms with van der Waals surface area (Å²) >= 11 is 0. The standard InChI is InChI=1S/C18H24N2O5/c1-3-23-18(22)13-6-8-20(9-7-13)12(2)17(21)19-14-4-5-15-16(10-14)25-11-24-15/h4-5,10,12-13H,3,6-9,11H2,1-2H3,(H,19,21)/p+1/t12-/m0/s1. The van der Waals surface area contributed by atoms with Crippen LogP contribution in [0.2, 0.25) is 0 Å². The third kappa shape index (κ3) is 4.04. The van der Waals surface area contributed by atoms with Crippen LogP contribution < -0.4 is 19.7 Å². The second-order valence-corrected chi connectivity index (χ2v) is 6.46. The number of rotatable bonds is 5. The van der Waals surface area contributed by atoms with E-state index < -0.39 is 0 Å².